The normalized spacial score (nSPS) is 18.8. The van der Waals surface area contributed by atoms with Gasteiger partial charge in [-0.2, -0.15) is 0 Å². The molecule has 1 saturated carbocycles. The summed E-state index contributed by atoms with van der Waals surface area (Å²) in [6, 6.07) is 1.87. The van der Waals surface area contributed by atoms with Crippen LogP contribution in [-0.4, -0.2) is 18.0 Å². The fourth-order valence-electron chi connectivity index (χ4n) is 2.22. The second-order valence-electron chi connectivity index (χ2n) is 5.22. The minimum Gasteiger partial charge on any atom is -0.456 e. The van der Waals surface area contributed by atoms with Gasteiger partial charge >= 0.3 is 0 Å². The molecule has 0 aromatic carbocycles. The maximum absolute atomic E-state index is 12.1. The van der Waals surface area contributed by atoms with Crippen LogP contribution in [0.15, 0.2) is 10.5 Å². The van der Waals surface area contributed by atoms with Crippen molar-refractivity contribution in [2.45, 2.75) is 39.2 Å². The number of nitrogens with one attached hydrogen (secondary N) is 1. The topological polar surface area (TPSA) is 68.3 Å². The lowest BCUT2D eigenvalue weighted by atomic mass is 9.95. The van der Waals surface area contributed by atoms with Crippen LogP contribution in [0.4, 0.5) is 0 Å². The average molecular weight is 236 g/mol. The molecule has 1 unspecified atom stereocenters. The van der Waals surface area contributed by atoms with Gasteiger partial charge in [0.05, 0.1) is 5.54 Å². The van der Waals surface area contributed by atoms with E-state index in [1.807, 2.05) is 26.8 Å². The molecular formula is C13H20N2O2. The Hall–Kier alpha value is -1.29. The van der Waals surface area contributed by atoms with Gasteiger partial charge in [0.1, 0.15) is 5.76 Å². The predicted octanol–water partition coefficient (Wildman–Crippen LogP) is 1.75. The van der Waals surface area contributed by atoms with E-state index in [0.717, 1.165) is 24.2 Å². The van der Waals surface area contributed by atoms with Gasteiger partial charge in [-0.15, -0.1) is 0 Å². The molecule has 1 aliphatic rings. The highest BCUT2D eigenvalue weighted by Gasteiger charge is 2.42. The van der Waals surface area contributed by atoms with Gasteiger partial charge in [-0.3, -0.25) is 4.79 Å². The van der Waals surface area contributed by atoms with E-state index < -0.39 is 0 Å². The minimum absolute atomic E-state index is 0.157. The maximum atomic E-state index is 12.1. The molecule has 1 fully saturated rings. The number of hydrogen-bond donors (Lipinski definition) is 2. The number of amides is 1. The number of rotatable bonds is 4. The lowest BCUT2D eigenvalue weighted by Crippen LogP contribution is -2.53. The second-order valence-corrected chi connectivity index (χ2v) is 5.22. The van der Waals surface area contributed by atoms with Crippen molar-refractivity contribution in [2.24, 2.45) is 11.7 Å². The highest BCUT2D eigenvalue weighted by atomic mass is 16.3. The molecule has 94 valence electrons. The summed E-state index contributed by atoms with van der Waals surface area (Å²) < 4.78 is 5.41. The van der Waals surface area contributed by atoms with Crippen LogP contribution < -0.4 is 11.1 Å². The number of carbonyl (C=O) groups is 1. The van der Waals surface area contributed by atoms with Crippen molar-refractivity contribution in [1.29, 1.82) is 0 Å². The minimum atomic E-state index is -0.301. The molecule has 0 spiro atoms. The van der Waals surface area contributed by atoms with E-state index in [1.165, 1.54) is 0 Å². The molecule has 0 aliphatic heterocycles. The smallest absolute Gasteiger partial charge is 0.287 e. The highest BCUT2D eigenvalue weighted by molar-refractivity contribution is 5.93. The van der Waals surface area contributed by atoms with Crippen LogP contribution in [0.25, 0.3) is 0 Å². The lowest BCUT2D eigenvalue weighted by molar-refractivity contribution is 0.0867. The van der Waals surface area contributed by atoms with E-state index in [0.29, 0.717) is 18.2 Å². The molecule has 3 N–H and O–H groups in total. The summed E-state index contributed by atoms with van der Waals surface area (Å²) in [4.78, 5) is 12.1. The van der Waals surface area contributed by atoms with Gasteiger partial charge in [0.15, 0.2) is 5.76 Å². The molecule has 17 heavy (non-hydrogen) atoms. The molecule has 0 bridgehead atoms. The zero-order valence-corrected chi connectivity index (χ0v) is 10.7. The van der Waals surface area contributed by atoms with Crippen LogP contribution in [0.5, 0.6) is 0 Å². The van der Waals surface area contributed by atoms with Crippen LogP contribution >= 0.6 is 0 Å². The fraction of sp³-hybridized carbons (Fsp3) is 0.615. The molecule has 0 saturated heterocycles. The van der Waals surface area contributed by atoms with Crippen LogP contribution in [0.3, 0.4) is 0 Å². The number of hydrogen-bond acceptors (Lipinski definition) is 3. The third kappa shape index (κ3) is 2.36. The van der Waals surface area contributed by atoms with Crippen molar-refractivity contribution in [3.63, 3.8) is 0 Å². The number of nitrogens with two attached hydrogens (primary N) is 1. The van der Waals surface area contributed by atoms with Gasteiger partial charge in [-0.05, 0) is 45.6 Å². The van der Waals surface area contributed by atoms with Gasteiger partial charge in [0.2, 0.25) is 0 Å². The largest absolute Gasteiger partial charge is 0.456 e. The first kappa shape index (κ1) is 12.2. The second kappa shape index (κ2) is 4.18. The third-order valence-electron chi connectivity index (χ3n) is 3.55. The van der Waals surface area contributed by atoms with E-state index in [1.54, 1.807) is 0 Å². The first-order valence-corrected chi connectivity index (χ1v) is 6.06. The molecule has 0 radical (unpaired) electrons. The monoisotopic (exact) mass is 236 g/mol. The Morgan fingerprint density at radius 2 is 2.24 bits per heavy atom. The Morgan fingerprint density at radius 1 is 1.59 bits per heavy atom. The van der Waals surface area contributed by atoms with Gasteiger partial charge < -0.3 is 15.5 Å². The van der Waals surface area contributed by atoms with Crippen LogP contribution in [0.1, 0.15) is 41.6 Å². The zero-order chi connectivity index (χ0) is 12.6. The van der Waals surface area contributed by atoms with Gasteiger partial charge in [0.25, 0.3) is 5.91 Å². The summed E-state index contributed by atoms with van der Waals surface area (Å²) in [5.41, 5.74) is 6.34. The van der Waals surface area contributed by atoms with Crippen molar-refractivity contribution in [3.8, 4) is 0 Å². The average Bonchev–Trinajstić information content (AvgIpc) is 3.05. The van der Waals surface area contributed by atoms with Crippen molar-refractivity contribution >= 4 is 5.91 Å². The predicted molar refractivity (Wildman–Crippen MR) is 65.8 cm³/mol. The van der Waals surface area contributed by atoms with Crippen molar-refractivity contribution < 1.29 is 9.21 Å². The Balaban J connectivity index is 2.13. The summed E-state index contributed by atoms with van der Waals surface area (Å²) in [5, 5.41) is 3.02. The summed E-state index contributed by atoms with van der Waals surface area (Å²) in [7, 11) is 0. The SMILES string of the molecule is Cc1cc(C)c(C(=O)NC(C)(CN)C2CC2)o1. The molecule has 4 nitrogen and oxygen atoms in total. The first-order valence-electron chi connectivity index (χ1n) is 6.06. The molecule has 4 heteroatoms. The van der Waals surface area contributed by atoms with E-state index in [2.05, 4.69) is 5.32 Å². The van der Waals surface area contributed by atoms with Crippen LogP contribution in [-0.2, 0) is 0 Å². The quantitative estimate of drug-likeness (QED) is 0.837. The Kier molecular flexibility index (Phi) is 3.00. The Labute approximate surface area is 102 Å². The molecule has 1 aromatic heterocycles. The molecule has 1 aromatic rings. The van der Waals surface area contributed by atoms with E-state index in [4.69, 9.17) is 10.2 Å². The van der Waals surface area contributed by atoms with Gasteiger partial charge in [-0.25, -0.2) is 0 Å². The third-order valence-corrected chi connectivity index (χ3v) is 3.55. The summed E-state index contributed by atoms with van der Waals surface area (Å²) in [6.45, 7) is 6.19. The maximum Gasteiger partial charge on any atom is 0.287 e. The molecule has 2 rings (SSSR count). The summed E-state index contributed by atoms with van der Waals surface area (Å²) in [5.74, 6) is 1.51. The summed E-state index contributed by atoms with van der Waals surface area (Å²) >= 11 is 0. The van der Waals surface area contributed by atoms with Crippen molar-refractivity contribution in [1.82, 2.24) is 5.32 Å². The molecule has 1 heterocycles. The first-order chi connectivity index (χ1) is 7.96. The van der Waals surface area contributed by atoms with Crippen LogP contribution in [0.2, 0.25) is 0 Å². The molecule has 1 atom stereocenters. The van der Waals surface area contributed by atoms with Gasteiger partial charge in [-0.1, -0.05) is 0 Å². The number of aryl methyl sites for hydroxylation is 2. The zero-order valence-electron chi connectivity index (χ0n) is 10.7. The van der Waals surface area contributed by atoms with E-state index in [9.17, 15) is 4.79 Å². The Bertz CT molecular complexity index is 435. The Morgan fingerprint density at radius 3 is 2.65 bits per heavy atom. The lowest BCUT2D eigenvalue weighted by Gasteiger charge is -2.29. The molecule has 1 amide bonds. The summed E-state index contributed by atoms with van der Waals surface area (Å²) in [6.07, 6.45) is 2.29. The van der Waals surface area contributed by atoms with Crippen LogP contribution in [0, 0.1) is 19.8 Å². The number of furan rings is 1. The fourth-order valence-corrected chi connectivity index (χ4v) is 2.22. The van der Waals surface area contributed by atoms with E-state index in [-0.39, 0.29) is 11.4 Å². The van der Waals surface area contributed by atoms with E-state index >= 15 is 0 Å². The van der Waals surface area contributed by atoms with Crippen molar-refractivity contribution in [3.05, 3.63) is 23.2 Å². The highest BCUT2D eigenvalue weighted by Crippen LogP contribution is 2.39. The standard InChI is InChI=1S/C13H20N2O2/c1-8-6-9(2)17-11(8)12(16)15-13(3,7-14)10-4-5-10/h6,10H,4-5,7,14H2,1-3H3,(H,15,16). The molecular weight excluding hydrogens is 216 g/mol. The van der Waals surface area contributed by atoms with Crippen molar-refractivity contribution in [2.75, 3.05) is 6.54 Å². The number of carbonyl (C=O) groups excluding carboxylic acids is 1. The molecule has 1 aliphatic carbocycles. The van der Waals surface area contributed by atoms with Gasteiger partial charge in [0, 0.05) is 12.1 Å².